The van der Waals surface area contributed by atoms with E-state index in [0.29, 0.717) is 5.92 Å². The summed E-state index contributed by atoms with van der Waals surface area (Å²) in [4.78, 5) is 14.2. The van der Waals surface area contributed by atoms with Crippen LogP contribution in [0.5, 0.6) is 0 Å². The molecule has 4 heteroatoms. The smallest absolute Gasteiger partial charge is 0.328 e. The number of hydrogen-bond donors (Lipinski definition) is 3. The van der Waals surface area contributed by atoms with Crippen LogP contribution in [0.2, 0.25) is 0 Å². The molecule has 0 saturated carbocycles. The lowest BCUT2D eigenvalue weighted by Gasteiger charge is -2.19. The number of carboxylic acid groups (broad SMARTS) is 1. The van der Waals surface area contributed by atoms with Gasteiger partial charge in [-0.05, 0) is 42.9 Å². The van der Waals surface area contributed by atoms with Crippen LogP contribution in [0, 0.1) is 5.92 Å². The van der Waals surface area contributed by atoms with E-state index in [9.17, 15) is 4.79 Å². The number of nitrogens with one attached hydrogen (secondary N) is 2. The molecular weight excluding hydrogens is 384 g/mol. The van der Waals surface area contributed by atoms with Gasteiger partial charge in [0.1, 0.15) is 5.82 Å². The van der Waals surface area contributed by atoms with E-state index in [1.165, 1.54) is 56.6 Å². The van der Waals surface area contributed by atoms with Crippen molar-refractivity contribution in [2.24, 2.45) is 5.92 Å². The number of carboxylic acids is 1. The van der Waals surface area contributed by atoms with E-state index in [1.807, 2.05) is 24.4 Å². The number of aliphatic carboxylic acids is 1. The normalized spacial score (nSPS) is 13.6. The molecule has 4 nitrogen and oxygen atoms in total. The van der Waals surface area contributed by atoms with E-state index in [1.54, 1.807) is 6.08 Å². The number of benzene rings is 1. The first-order valence-corrected chi connectivity index (χ1v) is 11.7. The SMILES string of the molecule is CCCCCCCCC(C=Cc1ccccc1)CCC(C=CC(=O)O)Nc1ccc[nH]1. The van der Waals surface area contributed by atoms with Gasteiger partial charge in [0.05, 0.1) is 0 Å². The molecule has 2 aromatic rings. The van der Waals surface area contributed by atoms with Gasteiger partial charge >= 0.3 is 5.97 Å². The molecular formula is C27H38N2O2. The van der Waals surface area contributed by atoms with Crippen molar-refractivity contribution in [3.05, 3.63) is 72.5 Å². The van der Waals surface area contributed by atoms with Crippen LogP contribution >= 0.6 is 0 Å². The van der Waals surface area contributed by atoms with Gasteiger partial charge < -0.3 is 15.4 Å². The highest BCUT2D eigenvalue weighted by atomic mass is 16.4. The topological polar surface area (TPSA) is 65.1 Å². The van der Waals surface area contributed by atoms with Crippen LogP contribution in [0.3, 0.4) is 0 Å². The van der Waals surface area contributed by atoms with Gasteiger partial charge in [0.15, 0.2) is 0 Å². The van der Waals surface area contributed by atoms with E-state index in [2.05, 4.69) is 53.6 Å². The summed E-state index contributed by atoms with van der Waals surface area (Å²) in [6, 6.07) is 14.3. The second-order valence-corrected chi connectivity index (χ2v) is 8.20. The molecule has 0 amide bonds. The Labute approximate surface area is 187 Å². The Morgan fingerprint density at radius 3 is 2.45 bits per heavy atom. The molecule has 0 radical (unpaired) electrons. The molecule has 0 fully saturated rings. The Bertz CT molecular complexity index is 766. The molecule has 2 atom stereocenters. The molecule has 31 heavy (non-hydrogen) atoms. The lowest BCUT2D eigenvalue weighted by atomic mass is 9.92. The van der Waals surface area contributed by atoms with E-state index < -0.39 is 5.97 Å². The summed E-state index contributed by atoms with van der Waals surface area (Å²) in [7, 11) is 0. The number of aromatic nitrogens is 1. The maximum atomic E-state index is 11.0. The molecule has 2 rings (SSSR count). The molecule has 0 bridgehead atoms. The average molecular weight is 423 g/mol. The highest BCUT2D eigenvalue weighted by molar-refractivity contribution is 5.79. The molecule has 0 aliphatic rings. The predicted octanol–water partition coefficient (Wildman–Crippen LogP) is 7.30. The van der Waals surface area contributed by atoms with Gasteiger partial charge in [-0.2, -0.15) is 0 Å². The summed E-state index contributed by atoms with van der Waals surface area (Å²) >= 11 is 0. The minimum Gasteiger partial charge on any atom is -0.478 e. The van der Waals surface area contributed by atoms with Crippen molar-refractivity contribution < 1.29 is 9.90 Å². The van der Waals surface area contributed by atoms with Crippen LogP contribution in [-0.4, -0.2) is 22.1 Å². The summed E-state index contributed by atoms with van der Waals surface area (Å²) < 4.78 is 0. The Hall–Kier alpha value is -2.75. The standard InChI is InChI=1S/C27H38N2O2/c1-2-3-4-5-6-8-14-24(17-16-23-12-9-7-10-13-23)18-19-25(20-21-27(30)31)29-26-15-11-22-28-26/h7,9-13,15-17,20-22,24-25,28-29H,2-6,8,14,18-19H2,1H3,(H,30,31). The Balaban J connectivity index is 1.95. The summed E-state index contributed by atoms with van der Waals surface area (Å²) in [5.41, 5.74) is 1.22. The molecule has 1 aromatic carbocycles. The van der Waals surface area contributed by atoms with Crippen LogP contribution in [0.1, 0.15) is 70.3 Å². The van der Waals surface area contributed by atoms with Crippen LogP contribution in [0.15, 0.2) is 66.9 Å². The molecule has 0 aliphatic carbocycles. The third-order valence-electron chi connectivity index (χ3n) is 5.55. The predicted molar refractivity (Wildman–Crippen MR) is 131 cm³/mol. The second-order valence-electron chi connectivity index (χ2n) is 8.20. The number of unbranched alkanes of at least 4 members (excludes halogenated alkanes) is 5. The first-order valence-electron chi connectivity index (χ1n) is 11.7. The van der Waals surface area contributed by atoms with E-state index in [0.717, 1.165) is 18.7 Å². The first kappa shape index (κ1) is 24.5. The molecule has 3 N–H and O–H groups in total. The maximum Gasteiger partial charge on any atom is 0.328 e. The van der Waals surface area contributed by atoms with Crippen LogP contribution in [-0.2, 0) is 4.79 Å². The zero-order valence-corrected chi connectivity index (χ0v) is 18.8. The summed E-state index contributed by atoms with van der Waals surface area (Å²) in [6.07, 6.45) is 20.3. The summed E-state index contributed by atoms with van der Waals surface area (Å²) in [5, 5.41) is 12.5. The van der Waals surface area contributed by atoms with Gasteiger partial charge in [-0.3, -0.25) is 0 Å². The van der Waals surface area contributed by atoms with Crippen molar-refractivity contribution in [2.75, 3.05) is 5.32 Å². The molecule has 2 unspecified atom stereocenters. The minimum absolute atomic E-state index is 0.0214. The van der Waals surface area contributed by atoms with Crippen LogP contribution < -0.4 is 5.32 Å². The third-order valence-corrected chi connectivity index (χ3v) is 5.55. The Morgan fingerprint density at radius 1 is 0.968 bits per heavy atom. The molecule has 168 valence electrons. The van der Waals surface area contributed by atoms with Crippen LogP contribution in [0.4, 0.5) is 5.82 Å². The van der Waals surface area contributed by atoms with Crippen molar-refractivity contribution in [2.45, 2.75) is 70.8 Å². The van der Waals surface area contributed by atoms with Gasteiger partial charge in [-0.15, -0.1) is 0 Å². The Morgan fingerprint density at radius 2 is 1.74 bits per heavy atom. The van der Waals surface area contributed by atoms with Gasteiger partial charge in [-0.25, -0.2) is 4.79 Å². The van der Waals surface area contributed by atoms with E-state index in [4.69, 9.17) is 5.11 Å². The van der Waals surface area contributed by atoms with E-state index >= 15 is 0 Å². The first-order chi connectivity index (χ1) is 15.2. The zero-order chi connectivity index (χ0) is 22.2. The highest BCUT2D eigenvalue weighted by Crippen LogP contribution is 2.22. The maximum absolute atomic E-state index is 11.0. The quantitative estimate of drug-likeness (QED) is 0.196. The lowest BCUT2D eigenvalue weighted by molar-refractivity contribution is -0.131. The highest BCUT2D eigenvalue weighted by Gasteiger charge is 2.11. The fourth-order valence-corrected chi connectivity index (χ4v) is 3.76. The van der Waals surface area contributed by atoms with E-state index in [-0.39, 0.29) is 6.04 Å². The van der Waals surface area contributed by atoms with Crippen molar-refractivity contribution in [1.29, 1.82) is 0 Å². The van der Waals surface area contributed by atoms with Gasteiger partial charge in [-0.1, -0.05) is 94.0 Å². The number of H-pyrrole nitrogens is 1. The van der Waals surface area contributed by atoms with Crippen molar-refractivity contribution >= 4 is 17.9 Å². The van der Waals surface area contributed by atoms with Gasteiger partial charge in [0.2, 0.25) is 0 Å². The largest absolute Gasteiger partial charge is 0.478 e. The third kappa shape index (κ3) is 11.3. The number of anilines is 1. The fourth-order valence-electron chi connectivity index (χ4n) is 3.76. The van der Waals surface area contributed by atoms with Gasteiger partial charge in [0.25, 0.3) is 0 Å². The number of aromatic amines is 1. The molecule has 1 aromatic heterocycles. The fraction of sp³-hybridized carbons (Fsp3) is 0.444. The van der Waals surface area contributed by atoms with Crippen molar-refractivity contribution in [1.82, 2.24) is 4.98 Å². The lowest BCUT2D eigenvalue weighted by Crippen LogP contribution is -2.18. The molecule has 1 heterocycles. The molecule has 0 saturated heterocycles. The van der Waals surface area contributed by atoms with Gasteiger partial charge in [0, 0.05) is 18.3 Å². The summed E-state index contributed by atoms with van der Waals surface area (Å²) in [6.45, 7) is 2.25. The zero-order valence-electron chi connectivity index (χ0n) is 18.8. The van der Waals surface area contributed by atoms with Crippen molar-refractivity contribution in [3.8, 4) is 0 Å². The molecule has 0 aliphatic heterocycles. The monoisotopic (exact) mass is 422 g/mol. The average Bonchev–Trinajstić information content (AvgIpc) is 3.29. The summed E-state index contributed by atoms with van der Waals surface area (Å²) in [5.74, 6) is 0.482. The molecule has 0 spiro atoms. The minimum atomic E-state index is -0.911. The Kier molecular flexibility index (Phi) is 12.0. The van der Waals surface area contributed by atoms with Crippen LogP contribution in [0.25, 0.3) is 6.08 Å². The number of rotatable bonds is 16. The number of allylic oxidation sites excluding steroid dienone is 1. The van der Waals surface area contributed by atoms with Crippen molar-refractivity contribution in [3.63, 3.8) is 0 Å². The number of hydrogen-bond acceptors (Lipinski definition) is 2. The second kappa shape index (κ2) is 15.1. The number of carbonyl (C=O) groups is 1.